The highest BCUT2D eigenvalue weighted by Gasteiger charge is 2.15. The van der Waals surface area contributed by atoms with Gasteiger partial charge in [0.05, 0.1) is 0 Å². The van der Waals surface area contributed by atoms with Gasteiger partial charge in [-0.15, -0.1) is 0 Å². The first-order valence-corrected chi connectivity index (χ1v) is 6.14. The first kappa shape index (κ1) is 13.3. The highest BCUT2D eigenvalue weighted by molar-refractivity contribution is 5.66. The van der Waals surface area contributed by atoms with Gasteiger partial charge in [0, 0.05) is 25.4 Å². The first-order valence-electron chi connectivity index (χ1n) is 6.14. The molecule has 0 saturated heterocycles. The molecular formula is C14H16N2O3. The SMILES string of the molecule is O=C(O)CCCn1ccnc1C(O)c1ccccc1. The lowest BCUT2D eigenvalue weighted by Gasteiger charge is -2.13. The Kier molecular flexibility index (Phi) is 4.30. The van der Waals surface area contributed by atoms with E-state index in [0.717, 1.165) is 5.56 Å². The summed E-state index contributed by atoms with van der Waals surface area (Å²) in [5.41, 5.74) is 0.771. The van der Waals surface area contributed by atoms with Crippen LogP contribution in [0.15, 0.2) is 42.7 Å². The van der Waals surface area contributed by atoms with E-state index in [1.807, 2.05) is 30.3 Å². The summed E-state index contributed by atoms with van der Waals surface area (Å²) in [6.45, 7) is 0.533. The standard InChI is InChI=1S/C14H16N2O3/c17-12(18)7-4-9-16-10-8-15-14(16)13(19)11-5-2-1-3-6-11/h1-3,5-6,8,10,13,19H,4,7,9H2,(H,17,18). The van der Waals surface area contributed by atoms with Crippen LogP contribution in [0, 0.1) is 0 Å². The Morgan fingerprint density at radius 1 is 1.32 bits per heavy atom. The van der Waals surface area contributed by atoms with E-state index in [2.05, 4.69) is 4.98 Å². The second-order valence-electron chi connectivity index (χ2n) is 4.29. The highest BCUT2D eigenvalue weighted by atomic mass is 16.4. The molecule has 1 aromatic heterocycles. The molecule has 0 aliphatic rings. The molecule has 0 spiro atoms. The zero-order valence-corrected chi connectivity index (χ0v) is 10.4. The molecule has 0 amide bonds. The van der Waals surface area contributed by atoms with Gasteiger partial charge in [-0.2, -0.15) is 0 Å². The summed E-state index contributed by atoms with van der Waals surface area (Å²) in [6, 6.07) is 9.27. The van der Waals surface area contributed by atoms with E-state index in [4.69, 9.17) is 5.11 Å². The van der Waals surface area contributed by atoms with Gasteiger partial charge in [0.2, 0.25) is 0 Å². The second-order valence-corrected chi connectivity index (χ2v) is 4.29. The van der Waals surface area contributed by atoms with E-state index in [9.17, 15) is 9.90 Å². The number of rotatable bonds is 6. The molecule has 0 saturated carbocycles. The van der Waals surface area contributed by atoms with Crippen LogP contribution in [0.25, 0.3) is 0 Å². The fourth-order valence-corrected chi connectivity index (χ4v) is 1.94. The summed E-state index contributed by atoms with van der Waals surface area (Å²) in [6.07, 6.45) is 3.20. The number of nitrogens with zero attached hydrogens (tertiary/aromatic N) is 2. The van der Waals surface area contributed by atoms with Crippen molar-refractivity contribution in [3.8, 4) is 0 Å². The largest absolute Gasteiger partial charge is 0.481 e. The van der Waals surface area contributed by atoms with Crippen molar-refractivity contribution in [2.24, 2.45) is 0 Å². The number of carboxylic acid groups (broad SMARTS) is 1. The first-order chi connectivity index (χ1) is 9.18. The minimum atomic E-state index is -0.815. The Bertz CT molecular complexity index is 537. The van der Waals surface area contributed by atoms with Crippen molar-refractivity contribution in [2.75, 3.05) is 0 Å². The van der Waals surface area contributed by atoms with Crippen molar-refractivity contribution < 1.29 is 15.0 Å². The molecule has 2 rings (SSSR count). The number of aliphatic hydroxyl groups excluding tert-OH is 1. The number of hydrogen-bond donors (Lipinski definition) is 2. The Balaban J connectivity index is 2.08. The van der Waals surface area contributed by atoms with E-state index in [1.165, 1.54) is 0 Å². The monoisotopic (exact) mass is 260 g/mol. The number of aliphatic hydroxyl groups is 1. The number of carbonyl (C=O) groups is 1. The molecule has 0 aliphatic carbocycles. The summed E-state index contributed by atoms with van der Waals surface area (Å²) in [7, 11) is 0. The van der Waals surface area contributed by atoms with Crippen LogP contribution in [0.2, 0.25) is 0 Å². The van der Waals surface area contributed by atoms with Gasteiger partial charge in [-0.3, -0.25) is 4.79 Å². The molecule has 0 fully saturated rings. The summed E-state index contributed by atoms with van der Waals surface area (Å²) in [5.74, 6) is -0.276. The van der Waals surface area contributed by atoms with Crippen LogP contribution < -0.4 is 0 Å². The quantitative estimate of drug-likeness (QED) is 0.830. The van der Waals surface area contributed by atoms with Crippen LogP contribution in [0.5, 0.6) is 0 Å². The number of carboxylic acids is 1. The van der Waals surface area contributed by atoms with E-state index in [1.54, 1.807) is 17.0 Å². The zero-order chi connectivity index (χ0) is 13.7. The topological polar surface area (TPSA) is 75.3 Å². The van der Waals surface area contributed by atoms with Crippen LogP contribution in [0.1, 0.15) is 30.3 Å². The van der Waals surface area contributed by atoms with Gasteiger partial charge in [0.15, 0.2) is 0 Å². The number of hydrogen-bond acceptors (Lipinski definition) is 3. The lowest BCUT2D eigenvalue weighted by Crippen LogP contribution is -2.10. The van der Waals surface area contributed by atoms with E-state index >= 15 is 0 Å². The summed E-state index contributed by atoms with van der Waals surface area (Å²) < 4.78 is 1.79. The van der Waals surface area contributed by atoms with Crippen LogP contribution in [-0.4, -0.2) is 25.7 Å². The number of aliphatic carboxylic acids is 1. The molecule has 5 heteroatoms. The van der Waals surface area contributed by atoms with Crippen molar-refractivity contribution in [1.82, 2.24) is 9.55 Å². The molecule has 100 valence electrons. The average molecular weight is 260 g/mol. The molecule has 0 bridgehead atoms. The third-order valence-corrected chi connectivity index (χ3v) is 2.90. The lowest BCUT2D eigenvalue weighted by atomic mass is 10.1. The maximum absolute atomic E-state index is 10.5. The molecule has 1 aromatic carbocycles. The van der Waals surface area contributed by atoms with Gasteiger partial charge in [-0.25, -0.2) is 4.98 Å². The van der Waals surface area contributed by atoms with Crippen LogP contribution in [0.4, 0.5) is 0 Å². The average Bonchev–Trinajstić information content (AvgIpc) is 2.87. The molecule has 1 atom stereocenters. The van der Waals surface area contributed by atoms with Gasteiger partial charge in [-0.05, 0) is 12.0 Å². The predicted molar refractivity (Wildman–Crippen MR) is 69.6 cm³/mol. The Labute approximate surface area is 111 Å². The molecule has 19 heavy (non-hydrogen) atoms. The fourth-order valence-electron chi connectivity index (χ4n) is 1.94. The smallest absolute Gasteiger partial charge is 0.303 e. The van der Waals surface area contributed by atoms with E-state index in [-0.39, 0.29) is 6.42 Å². The zero-order valence-electron chi connectivity index (χ0n) is 10.4. The summed E-state index contributed by atoms with van der Waals surface area (Å²) >= 11 is 0. The molecule has 0 aliphatic heterocycles. The van der Waals surface area contributed by atoms with Gasteiger partial charge < -0.3 is 14.8 Å². The molecule has 2 N–H and O–H groups in total. The molecule has 1 unspecified atom stereocenters. The van der Waals surface area contributed by atoms with Crippen molar-refractivity contribution in [3.63, 3.8) is 0 Å². The maximum atomic E-state index is 10.5. The number of aryl methyl sites for hydroxylation is 1. The number of imidazole rings is 1. The Morgan fingerprint density at radius 3 is 2.74 bits per heavy atom. The fraction of sp³-hybridized carbons (Fsp3) is 0.286. The minimum absolute atomic E-state index is 0.110. The number of benzene rings is 1. The van der Waals surface area contributed by atoms with E-state index in [0.29, 0.717) is 18.8 Å². The normalized spacial score (nSPS) is 12.3. The minimum Gasteiger partial charge on any atom is -0.481 e. The maximum Gasteiger partial charge on any atom is 0.303 e. The van der Waals surface area contributed by atoms with Gasteiger partial charge in [0.1, 0.15) is 11.9 Å². The lowest BCUT2D eigenvalue weighted by molar-refractivity contribution is -0.137. The molecule has 2 aromatic rings. The van der Waals surface area contributed by atoms with Crippen molar-refractivity contribution in [2.45, 2.75) is 25.5 Å². The molecular weight excluding hydrogens is 244 g/mol. The highest BCUT2D eigenvalue weighted by Crippen LogP contribution is 2.20. The Hall–Kier alpha value is -2.14. The Morgan fingerprint density at radius 2 is 2.05 bits per heavy atom. The third-order valence-electron chi connectivity index (χ3n) is 2.90. The van der Waals surface area contributed by atoms with Crippen LogP contribution in [-0.2, 0) is 11.3 Å². The summed E-state index contributed by atoms with van der Waals surface area (Å²) in [4.78, 5) is 14.6. The predicted octanol–water partition coefficient (Wildman–Crippen LogP) is 1.83. The summed E-state index contributed by atoms with van der Waals surface area (Å²) in [5, 5.41) is 18.9. The van der Waals surface area contributed by atoms with Gasteiger partial charge in [0.25, 0.3) is 0 Å². The van der Waals surface area contributed by atoms with Gasteiger partial charge in [-0.1, -0.05) is 30.3 Å². The second kappa shape index (κ2) is 6.15. The molecule has 1 heterocycles. The molecule has 0 radical (unpaired) electrons. The van der Waals surface area contributed by atoms with Crippen LogP contribution >= 0.6 is 0 Å². The van der Waals surface area contributed by atoms with Crippen molar-refractivity contribution >= 4 is 5.97 Å². The number of aromatic nitrogens is 2. The van der Waals surface area contributed by atoms with E-state index < -0.39 is 12.1 Å². The molecule has 5 nitrogen and oxygen atoms in total. The van der Waals surface area contributed by atoms with Crippen molar-refractivity contribution in [1.29, 1.82) is 0 Å². The van der Waals surface area contributed by atoms with Crippen LogP contribution in [0.3, 0.4) is 0 Å². The van der Waals surface area contributed by atoms with Gasteiger partial charge >= 0.3 is 5.97 Å². The van der Waals surface area contributed by atoms with Crippen molar-refractivity contribution in [3.05, 3.63) is 54.1 Å². The third kappa shape index (κ3) is 3.42.